The lowest BCUT2D eigenvalue weighted by atomic mass is 10.2. The fourth-order valence-corrected chi connectivity index (χ4v) is 3.36. The molecule has 0 aliphatic rings. The highest BCUT2D eigenvalue weighted by Crippen LogP contribution is 2.39. The van der Waals surface area contributed by atoms with E-state index in [0.717, 1.165) is 11.1 Å². The lowest BCUT2D eigenvalue weighted by Crippen LogP contribution is -2.01. The Kier molecular flexibility index (Phi) is 5.75. The number of thiazole rings is 1. The molecule has 3 rings (SSSR count). The topological polar surface area (TPSA) is 68.7 Å². The number of para-hydroxylation sites is 1. The number of ether oxygens (including phenoxy) is 2. The van der Waals surface area contributed by atoms with Gasteiger partial charge in [0.25, 0.3) is 0 Å². The van der Waals surface area contributed by atoms with Crippen LogP contribution in [-0.2, 0) is 17.8 Å². The molecule has 0 fully saturated rings. The molecule has 0 saturated heterocycles. The van der Waals surface area contributed by atoms with Crippen LogP contribution in [0.5, 0.6) is 11.5 Å². The van der Waals surface area contributed by atoms with Gasteiger partial charge in [0.15, 0.2) is 11.5 Å². The third kappa shape index (κ3) is 4.33. The second-order valence-corrected chi connectivity index (χ2v) is 6.76. The molecular weight excluding hydrogens is 374 g/mol. The first kappa shape index (κ1) is 18.2. The van der Waals surface area contributed by atoms with Crippen molar-refractivity contribution in [3.8, 4) is 22.1 Å². The van der Waals surface area contributed by atoms with Crippen LogP contribution in [0.25, 0.3) is 10.6 Å². The van der Waals surface area contributed by atoms with E-state index < -0.39 is 5.97 Å². The summed E-state index contributed by atoms with van der Waals surface area (Å²) >= 11 is 7.28. The van der Waals surface area contributed by atoms with Crippen LogP contribution < -0.4 is 9.47 Å². The van der Waals surface area contributed by atoms with Gasteiger partial charge in [-0.15, -0.1) is 11.3 Å². The molecule has 1 N–H and O–H groups in total. The highest BCUT2D eigenvalue weighted by Gasteiger charge is 2.16. The van der Waals surface area contributed by atoms with Crippen LogP contribution in [-0.4, -0.2) is 23.2 Å². The molecule has 7 heteroatoms. The highest BCUT2D eigenvalue weighted by atomic mass is 35.5. The Morgan fingerprint density at radius 2 is 2.00 bits per heavy atom. The molecule has 134 valence electrons. The molecule has 3 aromatic rings. The predicted octanol–water partition coefficient (Wildman–Crippen LogP) is 4.68. The summed E-state index contributed by atoms with van der Waals surface area (Å²) in [4.78, 5) is 15.3. The summed E-state index contributed by atoms with van der Waals surface area (Å²) in [5, 5.41) is 12.0. The second-order valence-electron chi connectivity index (χ2n) is 5.47. The molecule has 1 heterocycles. The predicted molar refractivity (Wildman–Crippen MR) is 101 cm³/mol. The van der Waals surface area contributed by atoms with Crippen molar-refractivity contribution < 1.29 is 19.4 Å². The number of halogens is 1. The van der Waals surface area contributed by atoms with Crippen LogP contribution >= 0.6 is 22.9 Å². The van der Waals surface area contributed by atoms with Crippen molar-refractivity contribution in [1.29, 1.82) is 0 Å². The van der Waals surface area contributed by atoms with E-state index in [1.54, 1.807) is 12.5 Å². The number of hydrogen-bond donors (Lipinski definition) is 1. The summed E-state index contributed by atoms with van der Waals surface area (Å²) < 4.78 is 11.4. The molecule has 0 spiro atoms. The molecule has 0 unspecified atom stereocenters. The molecular formula is C19H16ClNO4S. The van der Waals surface area contributed by atoms with Crippen LogP contribution in [0.1, 0.15) is 11.3 Å². The Bertz CT molecular complexity index is 908. The summed E-state index contributed by atoms with van der Waals surface area (Å²) in [6.07, 6.45) is -0.110. The number of methoxy groups -OCH3 is 1. The van der Waals surface area contributed by atoms with Crippen molar-refractivity contribution in [1.82, 2.24) is 4.98 Å². The van der Waals surface area contributed by atoms with Crippen molar-refractivity contribution in [3.05, 3.63) is 64.1 Å². The van der Waals surface area contributed by atoms with Crippen LogP contribution in [0.2, 0.25) is 5.02 Å². The zero-order valence-corrected chi connectivity index (χ0v) is 15.5. The Hall–Kier alpha value is -2.57. The SMILES string of the molecule is COc1cccc(-c2nc(CC(=O)O)cs2)c1OCc1ccc(Cl)cc1. The summed E-state index contributed by atoms with van der Waals surface area (Å²) in [7, 11) is 1.58. The Labute approximate surface area is 159 Å². The van der Waals surface area contributed by atoms with Gasteiger partial charge in [0.1, 0.15) is 11.6 Å². The van der Waals surface area contributed by atoms with Gasteiger partial charge >= 0.3 is 5.97 Å². The number of benzene rings is 2. The quantitative estimate of drug-likeness (QED) is 0.635. The maximum Gasteiger partial charge on any atom is 0.309 e. The zero-order chi connectivity index (χ0) is 18.5. The van der Waals surface area contributed by atoms with Gasteiger partial charge in [-0.05, 0) is 29.8 Å². The monoisotopic (exact) mass is 389 g/mol. The lowest BCUT2D eigenvalue weighted by molar-refractivity contribution is -0.136. The molecule has 0 amide bonds. The lowest BCUT2D eigenvalue weighted by Gasteiger charge is -2.14. The van der Waals surface area contributed by atoms with Crippen molar-refractivity contribution >= 4 is 28.9 Å². The summed E-state index contributed by atoms with van der Waals surface area (Å²) in [6.45, 7) is 0.345. The maximum atomic E-state index is 10.9. The molecule has 2 aromatic carbocycles. The average Bonchev–Trinajstić information content (AvgIpc) is 3.08. The molecule has 26 heavy (non-hydrogen) atoms. The summed E-state index contributed by atoms with van der Waals surface area (Å²) in [6, 6.07) is 12.9. The molecule has 5 nitrogen and oxygen atoms in total. The van der Waals surface area contributed by atoms with Crippen molar-refractivity contribution in [2.75, 3.05) is 7.11 Å². The van der Waals surface area contributed by atoms with E-state index in [0.29, 0.717) is 33.8 Å². The Morgan fingerprint density at radius 1 is 1.23 bits per heavy atom. The van der Waals surface area contributed by atoms with Crippen LogP contribution in [0.4, 0.5) is 0 Å². The first-order chi connectivity index (χ1) is 12.6. The minimum atomic E-state index is -0.910. The van der Waals surface area contributed by atoms with E-state index >= 15 is 0 Å². The average molecular weight is 390 g/mol. The fraction of sp³-hybridized carbons (Fsp3) is 0.158. The molecule has 0 saturated carbocycles. The minimum absolute atomic E-state index is 0.110. The van der Waals surface area contributed by atoms with Gasteiger partial charge in [-0.25, -0.2) is 4.98 Å². The van der Waals surface area contributed by atoms with Crippen molar-refractivity contribution in [2.45, 2.75) is 13.0 Å². The van der Waals surface area contributed by atoms with E-state index in [1.807, 2.05) is 42.5 Å². The largest absolute Gasteiger partial charge is 0.493 e. The number of nitrogens with zero attached hydrogens (tertiary/aromatic N) is 1. The first-order valence-electron chi connectivity index (χ1n) is 7.77. The van der Waals surface area contributed by atoms with Gasteiger partial charge < -0.3 is 14.6 Å². The van der Waals surface area contributed by atoms with E-state index in [2.05, 4.69) is 4.98 Å². The number of carbonyl (C=O) groups is 1. The number of rotatable bonds is 7. The summed E-state index contributed by atoms with van der Waals surface area (Å²) in [5.41, 5.74) is 2.25. The van der Waals surface area contributed by atoms with Gasteiger partial charge in [0, 0.05) is 10.4 Å². The first-order valence-corrected chi connectivity index (χ1v) is 9.03. The molecule has 0 atom stereocenters. The maximum absolute atomic E-state index is 10.9. The number of aromatic nitrogens is 1. The van der Waals surface area contributed by atoms with Crippen LogP contribution in [0, 0.1) is 0 Å². The Morgan fingerprint density at radius 3 is 2.69 bits per heavy atom. The smallest absolute Gasteiger partial charge is 0.309 e. The number of hydrogen-bond acceptors (Lipinski definition) is 5. The summed E-state index contributed by atoms with van der Waals surface area (Å²) in [5.74, 6) is 0.249. The van der Waals surface area contributed by atoms with Gasteiger partial charge in [-0.2, -0.15) is 0 Å². The van der Waals surface area contributed by atoms with Crippen LogP contribution in [0.15, 0.2) is 47.8 Å². The number of aliphatic carboxylic acids is 1. The molecule has 0 bridgehead atoms. The van der Waals surface area contributed by atoms with Gasteiger partial charge in [-0.3, -0.25) is 4.79 Å². The normalized spacial score (nSPS) is 10.5. The molecule has 0 radical (unpaired) electrons. The van der Waals surface area contributed by atoms with Gasteiger partial charge in [0.2, 0.25) is 0 Å². The van der Waals surface area contributed by atoms with Crippen LogP contribution in [0.3, 0.4) is 0 Å². The molecule has 0 aliphatic carbocycles. The number of carboxylic acid groups (broad SMARTS) is 1. The van der Waals surface area contributed by atoms with Crippen molar-refractivity contribution in [3.63, 3.8) is 0 Å². The van der Waals surface area contributed by atoms with E-state index in [9.17, 15) is 4.79 Å². The van der Waals surface area contributed by atoms with E-state index in [4.69, 9.17) is 26.2 Å². The third-order valence-corrected chi connectivity index (χ3v) is 4.79. The van der Waals surface area contributed by atoms with Gasteiger partial charge in [-0.1, -0.05) is 29.8 Å². The van der Waals surface area contributed by atoms with Crippen molar-refractivity contribution in [2.24, 2.45) is 0 Å². The fourth-order valence-electron chi connectivity index (χ4n) is 2.40. The third-order valence-electron chi connectivity index (χ3n) is 3.61. The minimum Gasteiger partial charge on any atom is -0.493 e. The standard InChI is InChI=1S/C19H16ClNO4S/c1-24-16-4-2-3-15(19-21-14(11-26-19)9-17(22)23)18(16)25-10-12-5-7-13(20)8-6-12/h2-8,11H,9-10H2,1H3,(H,22,23). The molecule has 0 aliphatic heterocycles. The number of carboxylic acids is 1. The zero-order valence-electron chi connectivity index (χ0n) is 13.9. The van der Waals surface area contributed by atoms with E-state index in [1.165, 1.54) is 11.3 Å². The Balaban J connectivity index is 1.89. The second kappa shape index (κ2) is 8.21. The highest BCUT2D eigenvalue weighted by molar-refractivity contribution is 7.13. The van der Waals surface area contributed by atoms with E-state index in [-0.39, 0.29) is 6.42 Å². The van der Waals surface area contributed by atoms with Gasteiger partial charge in [0.05, 0.1) is 24.8 Å². The molecule has 1 aromatic heterocycles.